The zero-order chi connectivity index (χ0) is 9.84. The molecule has 0 fully saturated rings. The average molecular weight is 197 g/mol. The monoisotopic (exact) mass is 197 g/mol. The smallest absolute Gasteiger partial charge is 0.322 e. The maximum atomic E-state index is 10.3. The van der Waals surface area contributed by atoms with Crippen molar-refractivity contribution in [1.82, 2.24) is 0 Å². The number of hydrogen-bond donors (Lipinski definition) is 1. The molecule has 0 aliphatic heterocycles. The summed E-state index contributed by atoms with van der Waals surface area (Å²) in [5.74, 6) is 0. The van der Waals surface area contributed by atoms with Gasteiger partial charge < -0.3 is 5.73 Å². The second kappa shape index (κ2) is 3.98. The van der Waals surface area contributed by atoms with Gasteiger partial charge in [0.1, 0.15) is 0 Å². The van der Waals surface area contributed by atoms with Crippen LogP contribution in [0.15, 0.2) is 12.1 Å². The van der Waals surface area contributed by atoms with Crippen LogP contribution in [-0.4, -0.2) is 4.92 Å². The van der Waals surface area contributed by atoms with Crippen molar-refractivity contribution < 1.29 is 4.92 Å². The van der Waals surface area contributed by atoms with E-state index in [4.69, 9.17) is 11.0 Å². The minimum atomic E-state index is -0.465. The molecule has 1 aromatic heterocycles. The summed E-state index contributed by atoms with van der Waals surface area (Å²) in [7, 11) is 0. The van der Waals surface area contributed by atoms with Gasteiger partial charge in [0.15, 0.2) is 0 Å². The zero-order valence-electron chi connectivity index (χ0n) is 6.64. The fourth-order valence-corrected chi connectivity index (χ4v) is 1.66. The SMILES string of the molecule is N#CC[C@H](N)c1ccc([N+](=O)[O-])s1. The third-order valence-electron chi connectivity index (χ3n) is 1.47. The molecular weight excluding hydrogens is 190 g/mol. The van der Waals surface area contributed by atoms with E-state index in [1.54, 1.807) is 6.07 Å². The van der Waals surface area contributed by atoms with E-state index < -0.39 is 11.0 Å². The van der Waals surface area contributed by atoms with Gasteiger partial charge in [0, 0.05) is 10.9 Å². The average Bonchev–Trinajstić information content (AvgIpc) is 2.52. The minimum Gasteiger partial charge on any atom is -0.322 e. The van der Waals surface area contributed by atoms with E-state index >= 15 is 0 Å². The van der Waals surface area contributed by atoms with Crippen LogP contribution in [0.4, 0.5) is 5.00 Å². The van der Waals surface area contributed by atoms with Crippen LogP contribution >= 0.6 is 11.3 Å². The first-order valence-electron chi connectivity index (χ1n) is 3.52. The molecular formula is C7H7N3O2S. The van der Waals surface area contributed by atoms with E-state index in [0.29, 0.717) is 4.88 Å². The van der Waals surface area contributed by atoms with Gasteiger partial charge in [-0.1, -0.05) is 11.3 Å². The molecule has 0 aliphatic carbocycles. The Hall–Kier alpha value is -1.45. The lowest BCUT2D eigenvalue weighted by Crippen LogP contribution is -2.06. The normalized spacial score (nSPS) is 12.0. The number of nitrogens with two attached hydrogens (primary N) is 1. The van der Waals surface area contributed by atoms with Gasteiger partial charge in [0.2, 0.25) is 0 Å². The number of nitrogens with zero attached hydrogens (tertiary/aromatic N) is 2. The molecule has 1 atom stereocenters. The van der Waals surface area contributed by atoms with Crippen LogP contribution in [0.2, 0.25) is 0 Å². The molecule has 0 spiro atoms. The van der Waals surface area contributed by atoms with E-state index in [2.05, 4.69) is 0 Å². The minimum absolute atomic E-state index is 0.0587. The molecule has 2 N–H and O–H groups in total. The molecule has 0 bridgehead atoms. The summed E-state index contributed by atoms with van der Waals surface area (Å²) in [4.78, 5) is 10.5. The molecule has 5 nitrogen and oxygen atoms in total. The van der Waals surface area contributed by atoms with Gasteiger partial charge in [0.25, 0.3) is 0 Å². The highest BCUT2D eigenvalue weighted by atomic mass is 32.1. The summed E-state index contributed by atoms with van der Waals surface area (Å²) in [5, 5.41) is 18.7. The van der Waals surface area contributed by atoms with E-state index in [1.165, 1.54) is 6.07 Å². The van der Waals surface area contributed by atoms with Gasteiger partial charge in [-0.2, -0.15) is 5.26 Å². The predicted molar refractivity (Wildman–Crippen MR) is 48.1 cm³/mol. The molecule has 0 saturated heterocycles. The second-order valence-electron chi connectivity index (χ2n) is 2.40. The zero-order valence-corrected chi connectivity index (χ0v) is 7.45. The van der Waals surface area contributed by atoms with Crippen molar-refractivity contribution in [2.24, 2.45) is 5.73 Å². The van der Waals surface area contributed by atoms with Crippen molar-refractivity contribution in [2.75, 3.05) is 0 Å². The van der Waals surface area contributed by atoms with Gasteiger partial charge in [-0.05, 0) is 6.07 Å². The Morgan fingerprint density at radius 1 is 1.77 bits per heavy atom. The predicted octanol–water partition coefficient (Wildman–Crippen LogP) is 1.57. The van der Waals surface area contributed by atoms with E-state index in [0.717, 1.165) is 11.3 Å². The number of rotatable bonds is 3. The Morgan fingerprint density at radius 2 is 2.46 bits per heavy atom. The van der Waals surface area contributed by atoms with Crippen molar-refractivity contribution in [2.45, 2.75) is 12.5 Å². The third kappa shape index (κ3) is 2.24. The fourth-order valence-electron chi connectivity index (χ4n) is 0.839. The first kappa shape index (κ1) is 9.64. The molecule has 0 aliphatic rings. The lowest BCUT2D eigenvalue weighted by molar-refractivity contribution is -0.380. The molecule has 0 saturated carbocycles. The number of nitriles is 1. The second-order valence-corrected chi connectivity index (χ2v) is 3.50. The highest BCUT2D eigenvalue weighted by molar-refractivity contribution is 7.15. The Morgan fingerprint density at radius 3 is 2.92 bits per heavy atom. The fraction of sp³-hybridized carbons (Fsp3) is 0.286. The molecule has 6 heteroatoms. The van der Waals surface area contributed by atoms with Gasteiger partial charge in [0.05, 0.1) is 23.5 Å². The molecule has 1 rings (SSSR count). The number of nitro groups is 1. The van der Waals surface area contributed by atoms with E-state index in [1.807, 2.05) is 6.07 Å². The summed E-state index contributed by atoms with van der Waals surface area (Å²) < 4.78 is 0. The third-order valence-corrected chi connectivity index (χ3v) is 2.64. The molecule has 68 valence electrons. The van der Waals surface area contributed by atoms with Crippen molar-refractivity contribution in [3.63, 3.8) is 0 Å². The lowest BCUT2D eigenvalue weighted by Gasteiger charge is -2.00. The van der Waals surface area contributed by atoms with Crippen molar-refractivity contribution in [3.05, 3.63) is 27.1 Å². The van der Waals surface area contributed by atoms with E-state index in [-0.39, 0.29) is 11.4 Å². The topological polar surface area (TPSA) is 93.0 Å². The first-order chi connectivity index (χ1) is 6.15. The molecule has 0 unspecified atom stereocenters. The largest absolute Gasteiger partial charge is 0.324 e. The Balaban J connectivity index is 2.80. The van der Waals surface area contributed by atoms with Crippen LogP contribution in [-0.2, 0) is 0 Å². The Labute approximate surface area is 78.6 Å². The summed E-state index contributed by atoms with van der Waals surface area (Å²) >= 11 is 1.01. The van der Waals surface area contributed by atoms with Crippen LogP contribution in [0.5, 0.6) is 0 Å². The maximum absolute atomic E-state index is 10.3. The van der Waals surface area contributed by atoms with Crippen molar-refractivity contribution >= 4 is 16.3 Å². The van der Waals surface area contributed by atoms with Crippen molar-refractivity contribution in [3.8, 4) is 6.07 Å². The molecule has 0 radical (unpaired) electrons. The number of hydrogen-bond acceptors (Lipinski definition) is 5. The molecule has 13 heavy (non-hydrogen) atoms. The van der Waals surface area contributed by atoms with Gasteiger partial charge >= 0.3 is 5.00 Å². The van der Waals surface area contributed by atoms with Crippen molar-refractivity contribution in [1.29, 1.82) is 5.26 Å². The van der Waals surface area contributed by atoms with E-state index in [9.17, 15) is 10.1 Å². The highest BCUT2D eigenvalue weighted by Gasteiger charge is 2.14. The van der Waals surface area contributed by atoms with Crippen LogP contribution in [0.1, 0.15) is 17.3 Å². The lowest BCUT2D eigenvalue weighted by atomic mass is 10.2. The summed E-state index contributed by atoms with van der Waals surface area (Å²) in [5.41, 5.74) is 5.58. The summed E-state index contributed by atoms with van der Waals surface area (Å²) in [6, 6.07) is 4.49. The quantitative estimate of drug-likeness (QED) is 0.587. The molecule has 0 aromatic carbocycles. The number of thiophene rings is 1. The van der Waals surface area contributed by atoms with Crippen LogP contribution < -0.4 is 5.73 Å². The Bertz CT molecular complexity index is 355. The first-order valence-corrected chi connectivity index (χ1v) is 4.33. The summed E-state index contributed by atoms with van der Waals surface area (Å²) in [6.45, 7) is 0. The van der Waals surface area contributed by atoms with Gasteiger partial charge in [-0.25, -0.2) is 0 Å². The van der Waals surface area contributed by atoms with Crippen LogP contribution in [0.25, 0.3) is 0 Å². The maximum Gasteiger partial charge on any atom is 0.324 e. The molecule has 0 amide bonds. The standard InChI is InChI=1S/C7H7N3O2S/c8-4-3-5(9)6-1-2-7(13-6)10(11)12/h1-2,5H,3,9H2/t5-/m0/s1. The molecule has 1 heterocycles. The van der Waals surface area contributed by atoms with Gasteiger partial charge in [-0.15, -0.1) is 0 Å². The Kier molecular flexibility index (Phi) is 2.95. The van der Waals surface area contributed by atoms with Crippen LogP contribution in [0, 0.1) is 21.4 Å². The summed E-state index contributed by atoms with van der Waals surface area (Å²) in [6.07, 6.45) is 0.178. The highest BCUT2D eigenvalue weighted by Crippen LogP contribution is 2.28. The van der Waals surface area contributed by atoms with Crippen LogP contribution in [0.3, 0.4) is 0 Å². The van der Waals surface area contributed by atoms with Gasteiger partial charge in [-0.3, -0.25) is 10.1 Å². The molecule has 1 aromatic rings.